The highest BCUT2D eigenvalue weighted by atomic mass is 19.4. The van der Waals surface area contributed by atoms with Gasteiger partial charge in [0, 0.05) is 12.1 Å². The molecule has 0 fully saturated rings. The van der Waals surface area contributed by atoms with Crippen LogP contribution in [0.5, 0.6) is 0 Å². The standard InChI is InChI=1S/C10H12F3NO4/c1-4-8(16)18-5-7(15)14(6(2)3)9(17)10(11,12)13/h4,6H,1,5H2,2-3H3. The van der Waals surface area contributed by atoms with Crippen LogP contribution in [0.25, 0.3) is 0 Å². The number of alkyl halides is 3. The molecule has 18 heavy (non-hydrogen) atoms. The summed E-state index contributed by atoms with van der Waals surface area (Å²) in [5, 5.41) is 0. The molecule has 0 saturated heterocycles. The van der Waals surface area contributed by atoms with Crippen LogP contribution in [0.2, 0.25) is 0 Å². The molecule has 0 aromatic carbocycles. The van der Waals surface area contributed by atoms with Gasteiger partial charge in [-0.25, -0.2) is 4.79 Å². The lowest BCUT2D eigenvalue weighted by atomic mass is 10.3. The zero-order valence-electron chi connectivity index (χ0n) is 9.78. The van der Waals surface area contributed by atoms with Gasteiger partial charge in [0.15, 0.2) is 6.61 Å². The van der Waals surface area contributed by atoms with E-state index in [0.29, 0.717) is 0 Å². The number of hydrogen-bond acceptors (Lipinski definition) is 4. The first-order chi connectivity index (χ1) is 8.11. The van der Waals surface area contributed by atoms with Crippen molar-refractivity contribution in [1.29, 1.82) is 0 Å². The third-order valence-electron chi connectivity index (χ3n) is 1.75. The number of carbonyl (C=O) groups is 3. The Morgan fingerprint density at radius 1 is 1.33 bits per heavy atom. The number of amides is 2. The second-order valence-electron chi connectivity index (χ2n) is 3.47. The molecule has 0 aliphatic carbocycles. The molecule has 0 bridgehead atoms. The number of carbonyl (C=O) groups excluding carboxylic acids is 3. The summed E-state index contributed by atoms with van der Waals surface area (Å²) in [6, 6.07) is -1.01. The van der Waals surface area contributed by atoms with Crippen molar-refractivity contribution in [3.8, 4) is 0 Å². The van der Waals surface area contributed by atoms with Crippen molar-refractivity contribution in [2.24, 2.45) is 0 Å². The van der Waals surface area contributed by atoms with Gasteiger partial charge in [-0.05, 0) is 13.8 Å². The molecule has 102 valence electrons. The third-order valence-corrected chi connectivity index (χ3v) is 1.75. The second-order valence-corrected chi connectivity index (χ2v) is 3.47. The molecule has 0 rings (SSSR count). The predicted molar refractivity (Wildman–Crippen MR) is 54.2 cm³/mol. The van der Waals surface area contributed by atoms with E-state index in [9.17, 15) is 27.6 Å². The Kier molecular flexibility index (Phi) is 5.54. The van der Waals surface area contributed by atoms with Crippen molar-refractivity contribution in [3.63, 3.8) is 0 Å². The van der Waals surface area contributed by atoms with E-state index in [1.165, 1.54) is 13.8 Å². The third kappa shape index (κ3) is 4.56. The van der Waals surface area contributed by atoms with E-state index in [4.69, 9.17) is 0 Å². The Labute approximate surface area is 101 Å². The summed E-state index contributed by atoms with van der Waals surface area (Å²) < 4.78 is 40.9. The van der Waals surface area contributed by atoms with Crippen LogP contribution in [0.1, 0.15) is 13.8 Å². The van der Waals surface area contributed by atoms with Crippen molar-refractivity contribution in [1.82, 2.24) is 4.90 Å². The van der Waals surface area contributed by atoms with E-state index in [-0.39, 0.29) is 4.90 Å². The number of nitrogens with zero attached hydrogens (tertiary/aromatic N) is 1. The molecule has 0 heterocycles. The molecule has 0 spiro atoms. The SMILES string of the molecule is C=CC(=O)OCC(=O)N(C(=O)C(F)(F)F)C(C)C. The Morgan fingerprint density at radius 3 is 2.17 bits per heavy atom. The first-order valence-electron chi connectivity index (χ1n) is 4.83. The Balaban J connectivity index is 4.82. The highest BCUT2D eigenvalue weighted by Gasteiger charge is 2.45. The maximum atomic E-state index is 12.2. The zero-order valence-corrected chi connectivity index (χ0v) is 9.78. The average molecular weight is 267 g/mol. The monoisotopic (exact) mass is 267 g/mol. The van der Waals surface area contributed by atoms with Crippen molar-refractivity contribution in [3.05, 3.63) is 12.7 Å². The molecule has 0 N–H and O–H groups in total. The summed E-state index contributed by atoms with van der Waals surface area (Å²) in [7, 11) is 0. The predicted octanol–water partition coefficient (Wildman–Crippen LogP) is 1.04. The van der Waals surface area contributed by atoms with Gasteiger partial charge in [-0.2, -0.15) is 13.2 Å². The van der Waals surface area contributed by atoms with Crippen molar-refractivity contribution in [2.75, 3.05) is 6.61 Å². The molecule has 0 aromatic rings. The van der Waals surface area contributed by atoms with Crippen LogP contribution in [-0.2, 0) is 19.1 Å². The van der Waals surface area contributed by atoms with Crippen molar-refractivity contribution < 1.29 is 32.3 Å². The normalized spacial score (nSPS) is 11.0. The van der Waals surface area contributed by atoms with Crippen LogP contribution in [0.3, 0.4) is 0 Å². The first-order valence-corrected chi connectivity index (χ1v) is 4.83. The summed E-state index contributed by atoms with van der Waals surface area (Å²) in [6.45, 7) is 4.56. The van der Waals surface area contributed by atoms with Crippen LogP contribution < -0.4 is 0 Å². The summed E-state index contributed by atoms with van der Waals surface area (Å²) in [6.07, 6.45) is -4.42. The lowest BCUT2D eigenvalue weighted by molar-refractivity contribution is -0.190. The summed E-state index contributed by atoms with van der Waals surface area (Å²) in [5.74, 6) is -4.51. The lowest BCUT2D eigenvalue weighted by Crippen LogP contribution is -2.49. The molecular weight excluding hydrogens is 255 g/mol. The van der Waals surface area contributed by atoms with Gasteiger partial charge in [-0.3, -0.25) is 14.5 Å². The second kappa shape index (κ2) is 6.18. The Hall–Kier alpha value is -1.86. The zero-order chi connectivity index (χ0) is 14.5. The maximum absolute atomic E-state index is 12.2. The number of rotatable bonds is 4. The molecule has 5 nitrogen and oxygen atoms in total. The van der Waals surface area contributed by atoms with Crippen LogP contribution in [0.15, 0.2) is 12.7 Å². The molecule has 0 aliphatic rings. The van der Waals surface area contributed by atoms with Gasteiger partial charge in [0.2, 0.25) is 0 Å². The van der Waals surface area contributed by atoms with Crippen molar-refractivity contribution >= 4 is 17.8 Å². The minimum absolute atomic E-state index is 0.00360. The van der Waals surface area contributed by atoms with E-state index < -0.39 is 36.6 Å². The van der Waals surface area contributed by atoms with Crippen LogP contribution >= 0.6 is 0 Å². The minimum Gasteiger partial charge on any atom is -0.452 e. The van der Waals surface area contributed by atoms with Gasteiger partial charge >= 0.3 is 18.1 Å². The average Bonchev–Trinajstić information content (AvgIpc) is 2.24. The summed E-state index contributed by atoms with van der Waals surface area (Å²) >= 11 is 0. The van der Waals surface area contributed by atoms with E-state index in [2.05, 4.69) is 11.3 Å². The van der Waals surface area contributed by atoms with Gasteiger partial charge < -0.3 is 4.74 Å². The quantitative estimate of drug-likeness (QED) is 0.564. The molecule has 0 saturated carbocycles. The fourth-order valence-electron chi connectivity index (χ4n) is 1.03. The molecular formula is C10H12F3NO4. The number of halogens is 3. The van der Waals surface area contributed by atoms with Gasteiger partial charge in [-0.1, -0.05) is 6.58 Å². The van der Waals surface area contributed by atoms with Crippen LogP contribution in [0.4, 0.5) is 13.2 Å². The lowest BCUT2D eigenvalue weighted by Gasteiger charge is -2.25. The fraction of sp³-hybridized carbons (Fsp3) is 0.500. The minimum atomic E-state index is -5.16. The Bertz CT molecular complexity index is 363. The number of imide groups is 1. The molecule has 0 aliphatic heterocycles. The van der Waals surface area contributed by atoms with E-state index in [1.54, 1.807) is 0 Å². The van der Waals surface area contributed by atoms with Crippen LogP contribution in [-0.4, -0.2) is 41.5 Å². The van der Waals surface area contributed by atoms with Gasteiger partial charge in [0.25, 0.3) is 5.91 Å². The molecule has 0 aromatic heterocycles. The first kappa shape index (κ1) is 16.1. The molecule has 8 heteroatoms. The highest BCUT2D eigenvalue weighted by Crippen LogP contribution is 2.20. The van der Waals surface area contributed by atoms with E-state index in [1.807, 2.05) is 0 Å². The van der Waals surface area contributed by atoms with E-state index >= 15 is 0 Å². The number of ether oxygens (including phenoxy) is 1. The fourth-order valence-corrected chi connectivity index (χ4v) is 1.03. The highest BCUT2D eigenvalue weighted by molar-refractivity contribution is 5.99. The van der Waals surface area contributed by atoms with Gasteiger partial charge in [-0.15, -0.1) is 0 Å². The van der Waals surface area contributed by atoms with Crippen molar-refractivity contribution in [2.45, 2.75) is 26.1 Å². The summed E-state index contributed by atoms with van der Waals surface area (Å²) in [4.78, 5) is 33.0. The molecule has 2 amide bonds. The van der Waals surface area contributed by atoms with Gasteiger partial charge in [0.05, 0.1) is 0 Å². The van der Waals surface area contributed by atoms with Crippen LogP contribution in [0, 0.1) is 0 Å². The topological polar surface area (TPSA) is 63.7 Å². The molecule has 0 atom stereocenters. The smallest absolute Gasteiger partial charge is 0.452 e. The Morgan fingerprint density at radius 2 is 1.83 bits per heavy atom. The number of esters is 1. The molecule has 0 unspecified atom stereocenters. The van der Waals surface area contributed by atoms with E-state index in [0.717, 1.165) is 6.08 Å². The maximum Gasteiger partial charge on any atom is 0.471 e. The molecule has 0 radical (unpaired) electrons. The number of hydrogen-bond donors (Lipinski definition) is 0. The van der Waals surface area contributed by atoms with Gasteiger partial charge in [0.1, 0.15) is 0 Å². The largest absolute Gasteiger partial charge is 0.471 e. The summed E-state index contributed by atoms with van der Waals surface area (Å²) in [5.41, 5.74) is 0.